The zero-order valence-electron chi connectivity index (χ0n) is 10.5. The maximum Gasteiger partial charge on any atom is 0.0366 e. The van der Waals surface area contributed by atoms with Gasteiger partial charge in [-0.05, 0) is 44.0 Å². The van der Waals surface area contributed by atoms with Gasteiger partial charge in [0, 0.05) is 24.8 Å². The van der Waals surface area contributed by atoms with Crippen molar-refractivity contribution in [2.24, 2.45) is 5.92 Å². The van der Waals surface area contributed by atoms with Gasteiger partial charge in [0.15, 0.2) is 0 Å². The van der Waals surface area contributed by atoms with Crippen LogP contribution in [0.3, 0.4) is 0 Å². The number of hydrogen-bond donors (Lipinski definition) is 1. The van der Waals surface area contributed by atoms with Crippen LogP contribution in [0.5, 0.6) is 0 Å². The molecule has 0 spiro atoms. The van der Waals surface area contributed by atoms with Crippen LogP contribution in [0, 0.1) is 5.92 Å². The smallest absolute Gasteiger partial charge is 0.0366 e. The van der Waals surface area contributed by atoms with Crippen molar-refractivity contribution in [3.05, 3.63) is 29.8 Å². The fourth-order valence-electron chi connectivity index (χ4n) is 2.18. The quantitative estimate of drug-likeness (QED) is 0.836. The molecule has 16 heavy (non-hydrogen) atoms. The highest BCUT2D eigenvalue weighted by molar-refractivity contribution is 5.50. The van der Waals surface area contributed by atoms with Crippen LogP contribution in [0.2, 0.25) is 0 Å². The Kier molecular flexibility index (Phi) is 3.49. The van der Waals surface area contributed by atoms with E-state index in [2.05, 4.69) is 48.3 Å². The van der Waals surface area contributed by atoms with Crippen LogP contribution in [0.15, 0.2) is 24.3 Å². The summed E-state index contributed by atoms with van der Waals surface area (Å²) in [5.41, 5.74) is 2.73. The Balaban J connectivity index is 1.98. The van der Waals surface area contributed by atoms with Crippen LogP contribution in [0.25, 0.3) is 0 Å². The summed E-state index contributed by atoms with van der Waals surface area (Å²) in [6.45, 7) is 6.93. The zero-order valence-corrected chi connectivity index (χ0v) is 10.5. The van der Waals surface area contributed by atoms with Gasteiger partial charge in [-0.2, -0.15) is 0 Å². The zero-order chi connectivity index (χ0) is 11.5. The average Bonchev–Trinajstić information content (AvgIpc) is 2.27. The van der Waals surface area contributed by atoms with Gasteiger partial charge in [-0.3, -0.25) is 0 Å². The minimum Gasteiger partial charge on any atom is -0.371 e. The summed E-state index contributed by atoms with van der Waals surface area (Å²) in [5, 5.41) is 3.26. The monoisotopic (exact) mass is 218 g/mol. The van der Waals surface area contributed by atoms with Crippen molar-refractivity contribution in [2.45, 2.75) is 26.3 Å². The van der Waals surface area contributed by atoms with E-state index in [-0.39, 0.29) is 0 Å². The minimum absolute atomic E-state index is 0.439. The van der Waals surface area contributed by atoms with E-state index in [1.54, 1.807) is 0 Å². The molecule has 1 N–H and O–H groups in total. The Morgan fingerprint density at radius 1 is 1.31 bits per heavy atom. The van der Waals surface area contributed by atoms with Crippen molar-refractivity contribution in [3.63, 3.8) is 0 Å². The number of nitrogens with one attached hydrogen (secondary N) is 1. The lowest BCUT2D eigenvalue weighted by atomic mass is 9.96. The molecule has 2 rings (SSSR count). The molecule has 0 radical (unpaired) electrons. The summed E-state index contributed by atoms with van der Waals surface area (Å²) in [6, 6.07) is 9.39. The molecule has 1 fully saturated rings. The second-order valence-electron chi connectivity index (χ2n) is 4.78. The van der Waals surface area contributed by atoms with Gasteiger partial charge in [-0.25, -0.2) is 0 Å². The molecule has 1 atom stereocenters. The third-order valence-corrected chi connectivity index (χ3v) is 3.73. The van der Waals surface area contributed by atoms with E-state index in [0.717, 1.165) is 5.92 Å². The SMILES string of the molecule is CCC1CN(c2ccc(C(C)NC)cc2)C1. The van der Waals surface area contributed by atoms with Gasteiger partial charge in [0.05, 0.1) is 0 Å². The molecule has 1 saturated heterocycles. The lowest BCUT2D eigenvalue weighted by Gasteiger charge is -2.40. The molecular formula is C14H22N2. The molecule has 88 valence electrons. The predicted octanol–water partition coefficient (Wildman–Crippen LogP) is 2.81. The Hall–Kier alpha value is -1.02. The van der Waals surface area contributed by atoms with E-state index >= 15 is 0 Å². The molecule has 1 aromatic carbocycles. The highest BCUT2D eigenvalue weighted by Gasteiger charge is 2.24. The Morgan fingerprint density at radius 3 is 2.44 bits per heavy atom. The van der Waals surface area contributed by atoms with E-state index in [9.17, 15) is 0 Å². The molecule has 1 aliphatic heterocycles. The van der Waals surface area contributed by atoms with Crippen molar-refractivity contribution in [1.82, 2.24) is 5.32 Å². The number of benzene rings is 1. The molecule has 1 unspecified atom stereocenters. The van der Waals surface area contributed by atoms with Crippen LogP contribution >= 0.6 is 0 Å². The van der Waals surface area contributed by atoms with Crippen LogP contribution in [0.4, 0.5) is 5.69 Å². The van der Waals surface area contributed by atoms with Crippen molar-refractivity contribution >= 4 is 5.69 Å². The van der Waals surface area contributed by atoms with E-state index in [1.807, 2.05) is 7.05 Å². The molecule has 0 bridgehead atoms. The first-order chi connectivity index (χ1) is 7.74. The maximum absolute atomic E-state index is 3.26. The number of rotatable bonds is 4. The standard InChI is InChI=1S/C14H22N2/c1-4-12-9-16(10-12)14-7-5-13(6-8-14)11(2)15-3/h5-8,11-12,15H,4,9-10H2,1-3H3. The van der Waals surface area contributed by atoms with Crippen LogP contribution in [-0.2, 0) is 0 Å². The van der Waals surface area contributed by atoms with Gasteiger partial charge in [0.2, 0.25) is 0 Å². The molecule has 2 heteroatoms. The van der Waals surface area contributed by atoms with Gasteiger partial charge in [-0.1, -0.05) is 19.1 Å². The summed E-state index contributed by atoms with van der Waals surface area (Å²) < 4.78 is 0. The number of nitrogens with zero attached hydrogens (tertiary/aromatic N) is 1. The van der Waals surface area contributed by atoms with Crippen LogP contribution in [-0.4, -0.2) is 20.1 Å². The lowest BCUT2D eigenvalue weighted by Crippen LogP contribution is -2.46. The van der Waals surface area contributed by atoms with Crippen LogP contribution < -0.4 is 10.2 Å². The summed E-state index contributed by atoms with van der Waals surface area (Å²) in [7, 11) is 2.00. The molecule has 0 amide bonds. The van der Waals surface area contributed by atoms with E-state index < -0.39 is 0 Å². The van der Waals surface area contributed by atoms with Gasteiger partial charge in [-0.15, -0.1) is 0 Å². The summed E-state index contributed by atoms with van der Waals surface area (Å²) in [4.78, 5) is 2.46. The van der Waals surface area contributed by atoms with E-state index in [0.29, 0.717) is 6.04 Å². The Bertz CT molecular complexity index is 325. The molecule has 2 nitrogen and oxygen atoms in total. The summed E-state index contributed by atoms with van der Waals surface area (Å²) in [6.07, 6.45) is 1.31. The normalized spacial score (nSPS) is 18.3. The Labute approximate surface area is 98.7 Å². The van der Waals surface area contributed by atoms with E-state index in [4.69, 9.17) is 0 Å². The topological polar surface area (TPSA) is 15.3 Å². The van der Waals surface area contributed by atoms with Crippen molar-refractivity contribution in [2.75, 3.05) is 25.0 Å². The van der Waals surface area contributed by atoms with Gasteiger partial charge in [0.25, 0.3) is 0 Å². The second-order valence-corrected chi connectivity index (χ2v) is 4.78. The highest BCUT2D eigenvalue weighted by atomic mass is 15.2. The first-order valence-electron chi connectivity index (χ1n) is 6.26. The van der Waals surface area contributed by atoms with Gasteiger partial charge < -0.3 is 10.2 Å². The lowest BCUT2D eigenvalue weighted by molar-refractivity contribution is 0.399. The van der Waals surface area contributed by atoms with Gasteiger partial charge in [0.1, 0.15) is 0 Å². The number of anilines is 1. The van der Waals surface area contributed by atoms with Crippen molar-refractivity contribution in [3.8, 4) is 0 Å². The third-order valence-electron chi connectivity index (χ3n) is 3.73. The second kappa shape index (κ2) is 4.88. The third kappa shape index (κ3) is 2.22. The fraction of sp³-hybridized carbons (Fsp3) is 0.571. The molecule has 0 aliphatic carbocycles. The molecule has 0 saturated carbocycles. The summed E-state index contributed by atoms with van der Waals surface area (Å²) >= 11 is 0. The molecular weight excluding hydrogens is 196 g/mol. The average molecular weight is 218 g/mol. The summed E-state index contributed by atoms with van der Waals surface area (Å²) in [5.74, 6) is 0.913. The highest BCUT2D eigenvalue weighted by Crippen LogP contribution is 2.27. The number of hydrogen-bond acceptors (Lipinski definition) is 2. The first kappa shape index (κ1) is 11.5. The van der Waals surface area contributed by atoms with Crippen molar-refractivity contribution < 1.29 is 0 Å². The largest absolute Gasteiger partial charge is 0.371 e. The Morgan fingerprint density at radius 2 is 1.94 bits per heavy atom. The predicted molar refractivity (Wildman–Crippen MR) is 69.9 cm³/mol. The minimum atomic E-state index is 0.439. The first-order valence-corrected chi connectivity index (χ1v) is 6.26. The van der Waals surface area contributed by atoms with E-state index in [1.165, 1.54) is 30.8 Å². The maximum atomic E-state index is 3.26. The van der Waals surface area contributed by atoms with Gasteiger partial charge >= 0.3 is 0 Å². The van der Waals surface area contributed by atoms with Crippen LogP contribution in [0.1, 0.15) is 31.9 Å². The van der Waals surface area contributed by atoms with Crippen molar-refractivity contribution in [1.29, 1.82) is 0 Å². The molecule has 1 aliphatic rings. The molecule has 1 heterocycles. The molecule has 1 aromatic rings. The molecule has 0 aromatic heterocycles. The fourth-order valence-corrected chi connectivity index (χ4v) is 2.18.